The van der Waals surface area contributed by atoms with Crippen molar-refractivity contribution in [3.8, 4) is 22.8 Å². The number of halogens is 4. The SMILES string of the molecule is Nc1nc(N2CCN(C(=O)COc3ccc(OC(F)(F)F)cc3)CC2)c2nc(-c3ccc(Cl)cc3)cnc2n1. The number of aromatic nitrogens is 4. The number of nitrogen functional groups attached to an aromatic ring is 1. The molecule has 14 heteroatoms. The first-order chi connectivity index (χ1) is 18.6. The third-order valence-electron chi connectivity index (χ3n) is 5.90. The van der Waals surface area contributed by atoms with E-state index in [4.69, 9.17) is 27.1 Å². The molecule has 0 unspecified atom stereocenters. The average Bonchev–Trinajstić information content (AvgIpc) is 2.91. The van der Waals surface area contributed by atoms with Crippen LogP contribution in [0.4, 0.5) is 24.9 Å². The van der Waals surface area contributed by atoms with Gasteiger partial charge in [0.15, 0.2) is 23.6 Å². The molecule has 2 N–H and O–H groups in total. The molecule has 10 nitrogen and oxygen atoms in total. The largest absolute Gasteiger partial charge is 0.573 e. The summed E-state index contributed by atoms with van der Waals surface area (Å²) in [6.07, 6.45) is -3.18. The van der Waals surface area contributed by atoms with Crippen LogP contribution in [0.1, 0.15) is 0 Å². The molecule has 202 valence electrons. The predicted molar refractivity (Wildman–Crippen MR) is 137 cm³/mol. The monoisotopic (exact) mass is 559 g/mol. The number of nitrogens with zero attached hydrogens (tertiary/aromatic N) is 6. The van der Waals surface area contributed by atoms with Crippen LogP contribution in [-0.2, 0) is 4.79 Å². The number of piperazine rings is 1. The molecule has 1 aliphatic rings. The molecule has 0 atom stereocenters. The maximum Gasteiger partial charge on any atom is 0.573 e. The van der Waals surface area contributed by atoms with Crippen LogP contribution in [0.15, 0.2) is 54.7 Å². The predicted octanol–water partition coefficient (Wildman–Crippen LogP) is 3.95. The number of rotatable bonds is 6. The summed E-state index contributed by atoms with van der Waals surface area (Å²) >= 11 is 6.00. The number of nitrogens with two attached hydrogens (primary N) is 1. The fourth-order valence-electron chi connectivity index (χ4n) is 4.03. The topological polar surface area (TPSA) is 120 Å². The molecule has 1 fully saturated rings. The Balaban J connectivity index is 1.23. The average molecular weight is 560 g/mol. The molecule has 1 aliphatic heterocycles. The van der Waals surface area contributed by atoms with Gasteiger partial charge in [0.2, 0.25) is 5.95 Å². The summed E-state index contributed by atoms with van der Waals surface area (Å²) in [6, 6.07) is 12.0. The standard InChI is InChI=1S/C25H21ClF3N7O3/c26-16-3-1-15(2-4-16)19-13-31-22-21(32-19)23(34-24(30)33-22)36-11-9-35(10-12-36)20(37)14-38-17-5-7-18(8-6-17)39-25(27,28)29/h1-8,13H,9-12,14H2,(H2,30,31,33,34). The summed E-state index contributed by atoms with van der Waals surface area (Å²) in [5.74, 6) is 0.187. The number of carbonyl (C=O) groups is 1. The molecule has 2 aromatic carbocycles. The number of benzene rings is 2. The van der Waals surface area contributed by atoms with Gasteiger partial charge in [0, 0.05) is 36.8 Å². The minimum absolute atomic E-state index is 0.0598. The number of fused-ring (bicyclic) bond motifs is 1. The van der Waals surface area contributed by atoms with E-state index in [-0.39, 0.29) is 30.0 Å². The second kappa shape index (κ2) is 10.8. The van der Waals surface area contributed by atoms with Gasteiger partial charge in [0.1, 0.15) is 11.5 Å². The van der Waals surface area contributed by atoms with Gasteiger partial charge in [-0.2, -0.15) is 9.97 Å². The van der Waals surface area contributed by atoms with E-state index in [0.29, 0.717) is 53.9 Å². The Morgan fingerprint density at radius 3 is 2.28 bits per heavy atom. The van der Waals surface area contributed by atoms with E-state index in [1.807, 2.05) is 17.0 Å². The minimum atomic E-state index is -4.78. The van der Waals surface area contributed by atoms with E-state index in [0.717, 1.165) is 17.7 Å². The van der Waals surface area contributed by atoms with Crippen LogP contribution in [0.25, 0.3) is 22.4 Å². The summed E-state index contributed by atoms with van der Waals surface area (Å²) in [5.41, 5.74) is 8.22. The smallest absolute Gasteiger partial charge is 0.484 e. The lowest BCUT2D eigenvalue weighted by Crippen LogP contribution is -2.50. The lowest BCUT2D eigenvalue weighted by atomic mass is 10.1. The lowest BCUT2D eigenvalue weighted by Gasteiger charge is -2.35. The number of anilines is 2. The number of hydrogen-bond acceptors (Lipinski definition) is 9. The van der Waals surface area contributed by atoms with Crippen LogP contribution in [0.5, 0.6) is 11.5 Å². The molecule has 3 heterocycles. The normalized spacial score (nSPS) is 13.9. The van der Waals surface area contributed by atoms with Crippen molar-refractivity contribution in [2.45, 2.75) is 6.36 Å². The minimum Gasteiger partial charge on any atom is -0.484 e. The van der Waals surface area contributed by atoms with Gasteiger partial charge < -0.3 is 25.0 Å². The van der Waals surface area contributed by atoms with Gasteiger partial charge in [0.25, 0.3) is 5.91 Å². The number of amides is 1. The van der Waals surface area contributed by atoms with Crippen LogP contribution in [0.3, 0.4) is 0 Å². The Morgan fingerprint density at radius 2 is 1.62 bits per heavy atom. The zero-order chi connectivity index (χ0) is 27.6. The molecule has 0 bridgehead atoms. The van der Waals surface area contributed by atoms with Crippen molar-refractivity contribution in [1.29, 1.82) is 0 Å². The molecule has 2 aromatic heterocycles. The Bertz CT molecular complexity index is 1480. The van der Waals surface area contributed by atoms with Crippen LogP contribution in [-0.4, -0.2) is 69.9 Å². The lowest BCUT2D eigenvalue weighted by molar-refractivity contribution is -0.274. The highest BCUT2D eigenvalue weighted by Crippen LogP contribution is 2.27. The van der Waals surface area contributed by atoms with Gasteiger partial charge in [-0.25, -0.2) is 9.97 Å². The van der Waals surface area contributed by atoms with Crippen LogP contribution in [0, 0.1) is 0 Å². The highest BCUT2D eigenvalue weighted by molar-refractivity contribution is 6.30. The zero-order valence-electron chi connectivity index (χ0n) is 20.2. The van der Waals surface area contributed by atoms with Crippen LogP contribution >= 0.6 is 11.6 Å². The van der Waals surface area contributed by atoms with E-state index in [1.54, 1.807) is 23.2 Å². The number of ether oxygens (including phenoxy) is 2. The van der Waals surface area contributed by atoms with E-state index >= 15 is 0 Å². The quantitative estimate of drug-likeness (QED) is 0.374. The number of hydrogen-bond donors (Lipinski definition) is 1. The molecule has 4 aromatic rings. The van der Waals surface area contributed by atoms with Crippen LogP contribution < -0.4 is 20.1 Å². The van der Waals surface area contributed by atoms with Crippen molar-refractivity contribution in [2.24, 2.45) is 0 Å². The maximum atomic E-state index is 12.7. The Morgan fingerprint density at radius 1 is 0.949 bits per heavy atom. The van der Waals surface area contributed by atoms with Gasteiger partial charge in [-0.1, -0.05) is 23.7 Å². The van der Waals surface area contributed by atoms with Gasteiger partial charge in [0.05, 0.1) is 11.9 Å². The Kier molecular flexibility index (Phi) is 7.24. The summed E-state index contributed by atoms with van der Waals surface area (Å²) in [7, 11) is 0. The molecular formula is C25H21ClF3N7O3. The van der Waals surface area contributed by atoms with E-state index in [1.165, 1.54) is 12.1 Å². The van der Waals surface area contributed by atoms with Gasteiger partial charge in [-0.15, -0.1) is 13.2 Å². The van der Waals surface area contributed by atoms with E-state index in [2.05, 4.69) is 19.7 Å². The van der Waals surface area contributed by atoms with Gasteiger partial charge in [-0.3, -0.25) is 4.79 Å². The second-order valence-electron chi connectivity index (χ2n) is 8.52. The Labute approximate surface area is 225 Å². The molecule has 1 saturated heterocycles. The first-order valence-electron chi connectivity index (χ1n) is 11.7. The highest BCUT2D eigenvalue weighted by atomic mass is 35.5. The van der Waals surface area contributed by atoms with Crippen molar-refractivity contribution in [2.75, 3.05) is 43.4 Å². The van der Waals surface area contributed by atoms with Crippen molar-refractivity contribution in [1.82, 2.24) is 24.8 Å². The van der Waals surface area contributed by atoms with Crippen molar-refractivity contribution in [3.05, 3.63) is 59.8 Å². The zero-order valence-corrected chi connectivity index (χ0v) is 21.0. The summed E-state index contributed by atoms with van der Waals surface area (Å²) in [6.45, 7) is 1.41. The molecule has 39 heavy (non-hydrogen) atoms. The first-order valence-corrected chi connectivity index (χ1v) is 12.1. The second-order valence-corrected chi connectivity index (χ2v) is 8.95. The first kappa shape index (κ1) is 26.2. The fourth-order valence-corrected chi connectivity index (χ4v) is 4.16. The molecule has 0 spiro atoms. The van der Waals surface area contributed by atoms with E-state index < -0.39 is 6.36 Å². The summed E-state index contributed by atoms with van der Waals surface area (Å²) < 4.78 is 46.2. The van der Waals surface area contributed by atoms with Crippen molar-refractivity contribution in [3.63, 3.8) is 0 Å². The number of alkyl halides is 3. The van der Waals surface area contributed by atoms with Crippen molar-refractivity contribution < 1.29 is 27.4 Å². The third kappa shape index (κ3) is 6.37. The molecular weight excluding hydrogens is 539 g/mol. The Hall–Kier alpha value is -4.39. The number of carbonyl (C=O) groups excluding carboxylic acids is 1. The molecule has 0 aliphatic carbocycles. The van der Waals surface area contributed by atoms with Gasteiger partial charge in [-0.05, 0) is 36.4 Å². The molecule has 1 amide bonds. The third-order valence-corrected chi connectivity index (χ3v) is 6.15. The summed E-state index contributed by atoms with van der Waals surface area (Å²) in [4.78, 5) is 34.1. The molecule has 5 rings (SSSR count). The molecule has 0 radical (unpaired) electrons. The summed E-state index contributed by atoms with van der Waals surface area (Å²) in [5, 5.41) is 0.607. The highest BCUT2D eigenvalue weighted by Gasteiger charge is 2.31. The van der Waals surface area contributed by atoms with E-state index in [9.17, 15) is 18.0 Å². The maximum absolute atomic E-state index is 12.7. The van der Waals surface area contributed by atoms with Crippen molar-refractivity contribution >= 4 is 40.4 Å². The van der Waals surface area contributed by atoms with Gasteiger partial charge >= 0.3 is 6.36 Å². The molecule has 0 saturated carbocycles. The fraction of sp³-hybridized carbons (Fsp3) is 0.240. The van der Waals surface area contributed by atoms with Crippen LogP contribution in [0.2, 0.25) is 5.02 Å².